The average molecular weight is 521 g/mol. The number of hydrogen-bond acceptors (Lipinski definition) is 8. The first-order chi connectivity index (χ1) is 18.5. The van der Waals surface area contributed by atoms with Crippen LogP contribution in [0.15, 0.2) is 18.2 Å². The summed E-state index contributed by atoms with van der Waals surface area (Å²) in [4.78, 5) is 26.7. The molecule has 38 heavy (non-hydrogen) atoms. The van der Waals surface area contributed by atoms with E-state index < -0.39 is 5.82 Å². The van der Waals surface area contributed by atoms with Crippen molar-refractivity contribution in [2.45, 2.75) is 38.6 Å². The quantitative estimate of drug-likeness (QED) is 0.594. The van der Waals surface area contributed by atoms with Crippen LogP contribution in [-0.2, 0) is 17.6 Å². The second kappa shape index (κ2) is 11.5. The van der Waals surface area contributed by atoms with Gasteiger partial charge in [0.2, 0.25) is 0 Å². The molecule has 2 saturated heterocycles. The van der Waals surface area contributed by atoms with Gasteiger partial charge >= 0.3 is 0 Å². The van der Waals surface area contributed by atoms with Crippen LogP contribution >= 0.6 is 0 Å². The second-order valence-electron chi connectivity index (χ2n) is 9.77. The van der Waals surface area contributed by atoms with E-state index in [1.165, 1.54) is 19.2 Å². The van der Waals surface area contributed by atoms with E-state index in [9.17, 15) is 10.1 Å². The molecule has 3 heterocycles. The molecule has 0 unspecified atom stereocenters. The van der Waals surface area contributed by atoms with Crippen LogP contribution in [0.4, 0.5) is 10.2 Å². The molecule has 0 atom stereocenters. The van der Waals surface area contributed by atoms with Crippen LogP contribution in [0.3, 0.4) is 0 Å². The summed E-state index contributed by atoms with van der Waals surface area (Å²) in [5.74, 6) is 0.621. The minimum Gasteiger partial charge on any atom is -0.496 e. The van der Waals surface area contributed by atoms with E-state index in [2.05, 4.69) is 26.3 Å². The van der Waals surface area contributed by atoms with E-state index in [0.29, 0.717) is 60.6 Å². The summed E-state index contributed by atoms with van der Waals surface area (Å²) in [6, 6.07) is 5.49. The number of nitriles is 1. The number of carbonyl (C=O) groups is 1. The summed E-state index contributed by atoms with van der Waals surface area (Å²) in [7, 11) is 1.51. The van der Waals surface area contributed by atoms with E-state index in [1.807, 2.05) is 13.0 Å². The second-order valence-corrected chi connectivity index (χ2v) is 9.77. The van der Waals surface area contributed by atoms with Gasteiger partial charge in [-0.05, 0) is 31.9 Å². The molecule has 0 spiro atoms. The number of aromatic nitrogens is 2. The molecule has 0 radical (unpaired) electrons. The highest BCUT2D eigenvalue weighted by Gasteiger charge is 2.30. The highest BCUT2D eigenvalue weighted by molar-refractivity contribution is 5.95. The fourth-order valence-corrected chi connectivity index (χ4v) is 5.57. The molecule has 200 valence electrons. The highest BCUT2D eigenvalue weighted by atomic mass is 19.1. The van der Waals surface area contributed by atoms with Crippen LogP contribution in [0.5, 0.6) is 5.75 Å². The number of fused-ring (bicyclic) bond motifs is 1. The van der Waals surface area contributed by atoms with Crippen molar-refractivity contribution in [1.29, 1.82) is 5.26 Å². The van der Waals surface area contributed by atoms with Crippen molar-refractivity contribution in [2.24, 2.45) is 0 Å². The first kappa shape index (κ1) is 26.1. The Morgan fingerprint density at radius 1 is 1.24 bits per heavy atom. The molecule has 1 N–H and O–H groups in total. The van der Waals surface area contributed by atoms with Crippen LogP contribution in [0.1, 0.15) is 52.8 Å². The van der Waals surface area contributed by atoms with Gasteiger partial charge in [0.25, 0.3) is 5.91 Å². The number of morpholine rings is 1. The maximum absolute atomic E-state index is 15.3. The van der Waals surface area contributed by atoms with Gasteiger partial charge in [0.15, 0.2) is 0 Å². The van der Waals surface area contributed by atoms with Gasteiger partial charge in [-0.3, -0.25) is 9.69 Å². The number of amides is 1. The van der Waals surface area contributed by atoms with Crippen LogP contribution < -0.4 is 10.1 Å². The number of methoxy groups -OCH3 is 1. The molecule has 2 fully saturated rings. The fourth-order valence-electron chi connectivity index (χ4n) is 5.57. The molecule has 1 aromatic carbocycles. The highest BCUT2D eigenvalue weighted by Crippen LogP contribution is 2.33. The van der Waals surface area contributed by atoms with Crippen molar-refractivity contribution in [3.8, 4) is 11.8 Å². The number of likely N-dealkylation sites (tertiary alicyclic amines) is 1. The number of anilines is 1. The molecule has 9 nitrogen and oxygen atoms in total. The number of nitrogens with one attached hydrogen (secondary N) is 1. The zero-order valence-electron chi connectivity index (χ0n) is 21.9. The van der Waals surface area contributed by atoms with Crippen molar-refractivity contribution < 1.29 is 18.7 Å². The Hall–Kier alpha value is -3.55. The SMILES string of the molecule is CCNc1nc(Cc2cc(F)c(C(=O)N3CCC(N4CCOCC4)CC3)cc2OC)nc2c1C(C#N)=CC2. The summed E-state index contributed by atoms with van der Waals surface area (Å²) in [6.07, 6.45) is 4.36. The van der Waals surface area contributed by atoms with Crippen LogP contribution in [0.2, 0.25) is 0 Å². The maximum atomic E-state index is 15.3. The van der Waals surface area contributed by atoms with Gasteiger partial charge in [-0.2, -0.15) is 5.26 Å². The van der Waals surface area contributed by atoms with E-state index in [4.69, 9.17) is 9.47 Å². The van der Waals surface area contributed by atoms with Gasteiger partial charge in [-0.25, -0.2) is 14.4 Å². The Morgan fingerprint density at radius 3 is 2.68 bits per heavy atom. The summed E-state index contributed by atoms with van der Waals surface area (Å²) in [6.45, 7) is 7.14. The maximum Gasteiger partial charge on any atom is 0.256 e. The number of nitrogens with zero attached hydrogens (tertiary/aromatic N) is 5. The molecule has 1 aromatic heterocycles. The van der Waals surface area contributed by atoms with E-state index >= 15 is 4.39 Å². The number of piperidine rings is 1. The summed E-state index contributed by atoms with van der Waals surface area (Å²) in [5.41, 5.74) is 2.63. The Labute approximate surface area is 222 Å². The molecule has 1 aliphatic carbocycles. The fraction of sp³-hybridized carbons (Fsp3) is 0.500. The molecular formula is C28H33FN6O3. The molecule has 0 bridgehead atoms. The lowest BCUT2D eigenvalue weighted by Gasteiger charge is -2.40. The Bertz CT molecular complexity index is 1280. The molecule has 1 amide bonds. The van der Waals surface area contributed by atoms with Crippen molar-refractivity contribution >= 4 is 17.3 Å². The van der Waals surface area contributed by atoms with Crippen LogP contribution in [0, 0.1) is 17.1 Å². The summed E-state index contributed by atoms with van der Waals surface area (Å²) >= 11 is 0. The molecule has 3 aliphatic rings. The predicted molar refractivity (Wildman–Crippen MR) is 141 cm³/mol. The van der Waals surface area contributed by atoms with Gasteiger partial charge in [-0.15, -0.1) is 0 Å². The molecule has 2 aromatic rings. The standard InChI is InChI=1S/C28H33FN6O3/c1-3-31-27-26-18(17-30)4-5-23(26)32-25(33-27)15-19-14-22(29)21(16-24(19)37-2)28(36)35-8-6-20(7-9-35)34-10-12-38-13-11-34/h4,14,16,20H,3,5-13,15H2,1-2H3,(H,31,32,33). The van der Waals surface area contributed by atoms with Gasteiger partial charge < -0.3 is 19.7 Å². The number of hydrogen-bond donors (Lipinski definition) is 1. The molecule has 2 aliphatic heterocycles. The number of benzene rings is 1. The minimum absolute atomic E-state index is 0.0153. The molecule has 0 saturated carbocycles. The molecule has 10 heteroatoms. The van der Waals surface area contributed by atoms with Crippen LogP contribution in [-0.4, -0.2) is 84.8 Å². The number of rotatable bonds is 7. The zero-order chi connectivity index (χ0) is 26.6. The van der Waals surface area contributed by atoms with Crippen LogP contribution in [0.25, 0.3) is 5.57 Å². The van der Waals surface area contributed by atoms with Gasteiger partial charge in [0.1, 0.15) is 23.2 Å². The van der Waals surface area contributed by atoms with Crippen molar-refractivity contribution in [2.75, 3.05) is 58.4 Å². The van der Waals surface area contributed by atoms with Gasteiger partial charge in [0, 0.05) is 57.2 Å². The van der Waals surface area contributed by atoms with Gasteiger partial charge in [0.05, 0.1) is 48.8 Å². The minimum atomic E-state index is -0.581. The predicted octanol–water partition coefficient (Wildman–Crippen LogP) is 3.05. The normalized spacial score (nSPS) is 18.1. The first-order valence-electron chi connectivity index (χ1n) is 13.2. The Morgan fingerprint density at radius 2 is 2.00 bits per heavy atom. The van der Waals surface area contributed by atoms with Crippen molar-refractivity contribution in [1.82, 2.24) is 19.8 Å². The Balaban J connectivity index is 1.33. The Kier molecular flexibility index (Phi) is 7.86. The first-order valence-corrected chi connectivity index (χ1v) is 13.2. The summed E-state index contributed by atoms with van der Waals surface area (Å²) in [5, 5.41) is 12.7. The third kappa shape index (κ3) is 5.22. The third-order valence-electron chi connectivity index (χ3n) is 7.53. The van der Waals surface area contributed by atoms with E-state index in [0.717, 1.165) is 50.4 Å². The van der Waals surface area contributed by atoms with E-state index in [1.54, 1.807) is 4.90 Å². The third-order valence-corrected chi connectivity index (χ3v) is 7.53. The average Bonchev–Trinajstić information content (AvgIpc) is 3.37. The molecule has 5 rings (SSSR count). The number of allylic oxidation sites excluding steroid dienone is 2. The monoisotopic (exact) mass is 520 g/mol. The number of halogens is 1. The number of ether oxygens (including phenoxy) is 2. The smallest absolute Gasteiger partial charge is 0.256 e. The van der Waals surface area contributed by atoms with Crippen molar-refractivity contribution in [3.63, 3.8) is 0 Å². The lowest BCUT2D eigenvalue weighted by atomic mass is 10.0. The summed E-state index contributed by atoms with van der Waals surface area (Å²) < 4.78 is 26.4. The van der Waals surface area contributed by atoms with Gasteiger partial charge in [-0.1, -0.05) is 6.08 Å². The topological polar surface area (TPSA) is 104 Å². The van der Waals surface area contributed by atoms with Crippen molar-refractivity contribution in [3.05, 3.63) is 52.2 Å². The van der Waals surface area contributed by atoms with E-state index in [-0.39, 0.29) is 17.9 Å². The lowest BCUT2D eigenvalue weighted by molar-refractivity contribution is 0.00154. The lowest BCUT2D eigenvalue weighted by Crippen LogP contribution is -2.50. The largest absolute Gasteiger partial charge is 0.496 e. The molecular weight excluding hydrogens is 487 g/mol. The number of carbonyl (C=O) groups excluding carboxylic acids is 1. The zero-order valence-corrected chi connectivity index (χ0v) is 21.9.